The molecule has 1 aromatic carbocycles. The molecule has 0 aliphatic rings. The van der Waals surface area contributed by atoms with Crippen LogP contribution in [-0.4, -0.2) is 10.0 Å². The number of benzene rings is 1. The van der Waals surface area contributed by atoms with Crippen LogP contribution < -0.4 is 5.63 Å². The lowest BCUT2D eigenvalue weighted by Crippen LogP contribution is -2.07. The number of hydrogen-bond acceptors (Lipinski definition) is 5. The zero-order valence-corrected chi connectivity index (χ0v) is 15.9. The Hall–Kier alpha value is -3.15. The SMILES string of the molecule is CC(=C\c1ccc([N+](=O)[O-])cc1)/C=C(\C)CCc1oc(=O)c(C)c(O)c1C. The van der Waals surface area contributed by atoms with Crippen molar-refractivity contribution in [3.05, 3.63) is 84.5 Å². The molecule has 1 heterocycles. The van der Waals surface area contributed by atoms with Gasteiger partial charge in [0.2, 0.25) is 0 Å². The Morgan fingerprint density at radius 2 is 1.81 bits per heavy atom. The van der Waals surface area contributed by atoms with Crippen LogP contribution in [0.2, 0.25) is 0 Å². The smallest absolute Gasteiger partial charge is 0.342 e. The fourth-order valence-electron chi connectivity index (χ4n) is 2.78. The van der Waals surface area contributed by atoms with Gasteiger partial charge >= 0.3 is 5.63 Å². The Kier molecular flexibility index (Phi) is 6.34. The number of allylic oxidation sites excluding steroid dienone is 3. The maximum Gasteiger partial charge on any atom is 0.342 e. The van der Waals surface area contributed by atoms with Gasteiger partial charge < -0.3 is 9.52 Å². The summed E-state index contributed by atoms with van der Waals surface area (Å²) in [5, 5.41) is 20.7. The molecule has 0 bridgehead atoms. The number of non-ortho nitro benzene ring substituents is 1. The van der Waals surface area contributed by atoms with Crippen LogP contribution in [0.1, 0.15) is 42.7 Å². The zero-order chi connectivity index (χ0) is 20.1. The Labute approximate surface area is 157 Å². The number of aryl methyl sites for hydroxylation is 1. The molecule has 2 rings (SSSR count). The molecule has 0 amide bonds. The molecule has 0 unspecified atom stereocenters. The van der Waals surface area contributed by atoms with Crippen LogP contribution in [0.25, 0.3) is 6.08 Å². The first-order chi connectivity index (χ1) is 12.7. The van der Waals surface area contributed by atoms with E-state index in [1.807, 2.05) is 26.0 Å². The number of nitro benzene ring substituents is 1. The van der Waals surface area contributed by atoms with Crippen molar-refractivity contribution >= 4 is 11.8 Å². The summed E-state index contributed by atoms with van der Waals surface area (Å²) in [6, 6.07) is 6.37. The number of hydrogen-bond donors (Lipinski definition) is 1. The van der Waals surface area contributed by atoms with Crippen molar-refractivity contribution in [1.82, 2.24) is 0 Å². The quantitative estimate of drug-likeness (QED) is 0.446. The number of aromatic hydroxyl groups is 1. The highest BCUT2D eigenvalue weighted by molar-refractivity contribution is 5.57. The molecule has 0 atom stereocenters. The fraction of sp³-hybridized carbons (Fsp3) is 0.286. The number of nitrogens with zero attached hydrogens (tertiary/aromatic N) is 1. The lowest BCUT2D eigenvalue weighted by Gasteiger charge is -2.08. The standard InChI is InChI=1S/C21H23NO5/c1-13(5-10-19-15(3)20(23)16(4)21(24)27-19)11-14(2)12-17-6-8-18(9-7-17)22(25)26/h6-9,11-12,23H,5,10H2,1-4H3/b13-11+,14-12+. The fourth-order valence-corrected chi connectivity index (χ4v) is 2.78. The Morgan fingerprint density at radius 3 is 2.41 bits per heavy atom. The van der Waals surface area contributed by atoms with Crippen LogP contribution in [0.5, 0.6) is 5.75 Å². The summed E-state index contributed by atoms with van der Waals surface area (Å²) in [7, 11) is 0. The first-order valence-electron chi connectivity index (χ1n) is 8.61. The first-order valence-corrected chi connectivity index (χ1v) is 8.61. The van der Waals surface area contributed by atoms with Crippen molar-refractivity contribution in [2.75, 3.05) is 0 Å². The molecule has 142 valence electrons. The van der Waals surface area contributed by atoms with Crippen LogP contribution in [0.15, 0.2) is 50.7 Å². The van der Waals surface area contributed by atoms with Crippen molar-refractivity contribution in [2.24, 2.45) is 0 Å². The highest BCUT2D eigenvalue weighted by atomic mass is 16.6. The van der Waals surface area contributed by atoms with Crippen LogP contribution in [0.4, 0.5) is 5.69 Å². The summed E-state index contributed by atoms with van der Waals surface area (Å²) in [6.07, 6.45) is 5.15. The van der Waals surface area contributed by atoms with Crippen molar-refractivity contribution in [1.29, 1.82) is 0 Å². The van der Waals surface area contributed by atoms with Crippen LogP contribution in [0.3, 0.4) is 0 Å². The van der Waals surface area contributed by atoms with Gasteiger partial charge in [-0.1, -0.05) is 23.3 Å². The van der Waals surface area contributed by atoms with Gasteiger partial charge in [-0.3, -0.25) is 10.1 Å². The highest BCUT2D eigenvalue weighted by Crippen LogP contribution is 2.23. The third kappa shape index (κ3) is 5.17. The van der Waals surface area contributed by atoms with Gasteiger partial charge in [-0.05, 0) is 51.8 Å². The van der Waals surface area contributed by atoms with Gasteiger partial charge in [0.25, 0.3) is 5.69 Å². The summed E-state index contributed by atoms with van der Waals surface area (Å²) in [6.45, 7) is 7.21. The molecule has 0 aliphatic heterocycles. The third-order valence-corrected chi connectivity index (χ3v) is 4.37. The Bertz CT molecular complexity index is 965. The minimum Gasteiger partial charge on any atom is -0.507 e. The first kappa shape index (κ1) is 20.2. The topological polar surface area (TPSA) is 93.6 Å². The molecule has 6 heteroatoms. The highest BCUT2D eigenvalue weighted by Gasteiger charge is 2.12. The van der Waals surface area contributed by atoms with E-state index >= 15 is 0 Å². The van der Waals surface area contributed by atoms with Crippen molar-refractivity contribution in [2.45, 2.75) is 40.5 Å². The van der Waals surface area contributed by atoms with Crippen molar-refractivity contribution < 1.29 is 14.4 Å². The number of rotatable bonds is 6. The van der Waals surface area contributed by atoms with Crippen molar-refractivity contribution in [3.63, 3.8) is 0 Å². The van der Waals surface area contributed by atoms with Gasteiger partial charge in [-0.15, -0.1) is 0 Å². The summed E-state index contributed by atoms with van der Waals surface area (Å²) in [4.78, 5) is 22.0. The predicted octanol–water partition coefficient (Wildman–Crippen LogP) is 4.85. The zero-order valence-electron chi connectivity index (χ0n) is 15.9. The van der Waals surface area contributed by atoms with Crippen molar-refractivity contribution in [3.8, 4) is 5.75 Å². The third-order valence-electron chi connectivity index (χ3n) is 4.37. The summed E-state index contributed by atoms with van der Waals surface area (Å²) >= 11 is 0. The van der Waals surface area contributed by atoms with E-state index in [0.29, 0.717) is 24.2 Å². The minimum absolute atomic E-state index is 0.00266. The molecule has 1 N–H and O–H groups in total. The second kappa shape index (κ2) is 8.49. The van der Waals surface area contributed by atoms with E-state index in [4.69, 9.17) is 4.42 Å². The van der Waals surface area contributed by atoms with E-state index < -0.39 is 10.5 Å². The largest absolute Gasteiger partial charge is 0.507 e. The van der Waals surface area contributed by atoms with E-state index in [1.54, 1.807) is 19.1 Å². The summed E-state index contributed by atoms with van der Waals surface area (Å²) < 4.78 is 5.29. The lowest BCUT2D eigenvalue weighted by atomic mass is 10.0. The molecule has 2 aromatic rings. The van der Waals surface area contributed by atoms with Gasteiger partial charge in [0.05, 0.1) is 10.5 Å². The summed E-state index contributed by atoms with van der Waals surface area (Å²) in [5.74, 6) is 0.491. The van der Waals surface area contributed by atoms with Gasteiger partial charge in [-0.2, -0.15) is 0 Å². The normalized spacial score (nSPS) is 12.3. The summed E-state index contributed by atoms with van der Waals surface area (Å²) in [5.41, 5.74) is 3.36. The Balaban J connectivity index is 2.09. The van der Waals surface area contributed by atoms with Gasteiger partial charge in [-0.25, -0.2) is 4.79 Å². The molecule has 0 aliphatic carbocycles. The predicted molar refractivity (Wildman–Crippen MR) is 105 cm³/mol. The van der Waals surface area contributed by atoms with Gasteiger partial charge in [0, 0.05) is 24.1 Å². The van der Waals surface area contributed by atoms with E-state index in [2.05, 4.69) is 0 Å². The van der Waals surface area contributed by atoms with E-state index in [9.17, 15) is 20.0 Å². The van der Waals surface area contributed by atoms with E-state index in [1.165, 1.54) is 19.1 Å². The monoisotopic (exact) mass is 369 g/mol. The molecule has 27 heavy (non-hydrogen) atoms. The molecule has 0 spiro atoms. The molecular formula is C21H23NO5. The maximum absolute atomic E-state index is 11.7. The van der Waals surface area contributed by atoms with Crippen LogP contribution in [-0.2, 0) is 6.42 Å². The average molecular weight is 369 g/mol. The molecular weight excluding hydrogens is 346 g/mol. The van der Waals surface area contributed by atoms with Crippen LogP contribution in [0, 0.1) is 24.0 Å². The number of nitro groups is 1. The van der Waals surface area contributed by atoms with E-state index in [0.717, 1.165) is 16.7 Å². The molecule has 0 radical (unpaired) electrons. The molecule has 0 fully saturated rings. The average Bonchev–Trinajstić information content (AvgIpc) is 2.62. The molecule has 0 saturated carbocycles. The maximum atomic E-state index is 11.7. The second-order valence-corrected chi connectivity index (χ2v) is 6.64. The molecule has 0 saturated heterocycles. The lowest BCUT2D eigenvalue weighted by molar-refractivity contribution is -0.384. The van der Waals surface area contributed by atoms with Crippen LogP contribution >= 0.6 is 0 Å². The van der Waals surface area contributed by atoms with E-state index in [-0.39, 0.29) is 17.0 Å². The molecule has 1 aromatic heterocycles. The second-order valence-electron chi connectivity index (χ2n) is 6.64. The van der Waals surface area contributed by atoms with Gasteiger partial charge in [0.1, 0.15) is 11.5 Å². The van der Waals surface area contributed by atoms with Gasteiger partial charge in [0.15, 0.2) is 0 Å². The molecule has 6 nitrogen and oxygen atoms in total. The Morgan fingerprint density at radius 1 is 1.19 bits per heavy atom. The minimum atomic E-state index is -0.510.